The van der Waals surface area contributed by atoms with Crippen LogP contribution in [-0.2, 0) is 4.79 Å². The molecular weight excluding hydrogens is 353 g/mol. The number of carbonyl (C=O) groups is 1. The normalized spacial score (nSPS) is 24.8. The summed E-state index contributed by atoms with van der Waals surface area (Å²) in [6.07, 6.45) is 0.261. The molecule has 2 aliphatic rings. The van der Waals surface area contributed by atoms with Gasteiger partial charge in [-0.15, -0.1) is 0 Å². The Morgan fingerprint density at radius 3 is 2.50 bits per heavy atom. The van der Waals surface area contributed by atoms with E-state index < -0.39 is 12.1 Å². The fraction of sp³-hybridized carbons (Fsp3) is 0.529. The van der Waals surface area contributed by atoms with Crippen LogP contribution >= 0.6 is 0 Å². The molecule has 0 radical (unpaired) electrons. The lowest BCUT2D eigenvalue weighted by Gasteiger charge is -2.28. The number of nitrogens with zero attached hydrogens (tertiary/aromatic N) is 1. The predicted molar refractivity (Wildman–Crippen MR) is 86.0 cm³/mol. The molecule has 4 rings (SSSR count). The zero-order valence-corrected chi connectivity index (χ0v) is 14.0. The van der Waals surface area contributed by atoms with E-state index in [0.717, 1.165) is 23.9 Å². The number of aromatic nitrogens is 1. The highest BCUT2D eigenvalue weighted by atomic mass is 19.4. The molecule has 6 nitrogen and oxygen atoms in total. The van der Waals surface area contributed by atoms with E-state index in [4.69, 9.17) is 19.1 Å². The second-order valence-electron chi connectivity index (χ2n) is 6.60. The van der Waals surface area contributed by atoms with E-state index in [2.05, 4.69) is 17.2 Å². The first kappa shape index (κ1) is 18.5. The highest BCUT2D eigenvalue weighted by Crippen LogP contribution is 2.30. The van der Waals surface area contributed by atoms with E-state index in [9.17, 15) is 13.2 Å². The summed E-state index contributed by atoms with van der Waals surface area (Å²) in [5.41, 5.74) is 2.87. The lowest BCUT2D eigenvalue weighted by Crippen LogP contribution is -2.42. The van der Waals surface area contributed by atoms with Gasteiger partial charge in [-0.05, 0) is 50.3 Å². The quantitative estimate of drug-likeness (QED) is 0.840. The number of carboxylic acids is 1. The lowest BCUT2D eigenvalue weighted by molar-refractivity contribution is -0.192. The van der Waals surface area contributed by atoms with Crippen molar-refractivity contribution in [1.29, 1.82) is 0 Å². The van der Waals surface area contributed by atoms with Crippen molar-refractivity contribution in [2.45, 2.75) is 57.0 Å². The van der Waals surface area contributed by atoms with E-state index in [1.165, 1.54) is 18.4 Å². The molecule has 1 aromatic heterocycles. The number of fused-ring (bicyclic) bond motifs is 3. The van der Waals surface area contributed by atoms with E-state index >= 15 is 0 Å². The zero-order chi connectivity index (χ0) is 18.9. The third-order valence-corrected chi connectivity index (χ3v) is 4.46. The van der Waals surface area contributed by atoms with Gasteiger partial charge in [-0.3, -0.25) is 0 Å². The Kier molecular flexibility index (Phi) is 5.08. The number of rotatable bonds is 2. The van der Waals surface area contributed by atoms with Crippen molar-refractivity contribution < 1.29 is 32.2 Å². The number of aryl methyl sites for hydroxylation is 1. The molecule has 142 valence electrons. The Hall–Kier alpha value is -2.29. The molecule has 0 saturated carbocycles. The van der Waals surface area contributed by atoms with Crippen LogP contribution in [-0.4, -0.2) is 40.4 Å². The summed E-state index contributed by atoms with van der Waals surface area (Å²) < 4.78 is 43.3. The Morgan fingerprint density at radius 2 is 1.92 bits per heavy atom. The summed E-state index contributed by atoms with van der Waals surface area (Å²) >= 11 is 0. The summed E-state index contributed by atoms with van der Waals surface area (Å²) in [5, 5.41) is 10.7. The second-order valence-corrected chi connectivity index (χ2v) is 6.60. The summed E-state index contributed by atoms with van der Waals surface area (Å²) in [6, 6.07) is 7.25. The van der Waals surface area contributed by atoms with Crippen LogP contribution in [0.25, 0.3) is 11.1 Å². The number of oxazole rings is 1. The SMILES string of the molecule is Cc1ccc2oc(O[C@@H]3C[C@H]4CC[C@@H](C3)N4)nc2c1.O=C(O)C(F)(F)F. The van der Waals surface area contributed by atoms with Crippen molar-refractivity contribution in [2.24, 2.45) is 0 Å². The molecule has 0 spiro atoms. The number of benzene rings is 1. The van der Waals surface area contributed by atoms with Gasteiger partial charge < -0.3 is 19.6 Å². The molecule has 2 aliphatic heterocycles. The van der Waals surface area contributed by atoms with Gasteiger partial charge in [0, 0.05) is 12.1 Å². The molecule has 26 heavy (non-hydrogen) atoms. The molecule has 2 saturated heterocycles. The largest absolute Gasteiger partial charge is 0.490 e. The van der Waals surface area contributed by atoms with Crippen LogP contribution in [0.4, 0.5) is 13.2 Å². The first-order valence-corrected chi connectivity index (χ1v) is 8.30. The third kappa shape index (κ3) is 4.46. The predicted octanol–water partition coefficient (Wildman–Crippen LogP) is 3.43. The fourth-order valence-corrected chi connectivity index (χ4v) is 3.31. The molecule has 0 unspecified atom stereocenters. The van der Waals surface area contributed by atoms with Crippen molar-refractivity contribution in [3.8, 4) is 6.08 Å². The Morgan fingerprint density at radius 1 is 1.31 bits per heavy atom. The number of ether oxygens (including phenoxy) is 1. The third-order valence-electron chi connectivity index (χ3n) is 4.46. The van der Waals surface area contributed by atoms with Crippen molar-refractivity contribution in [3.05, 3.63) is 23.8 Å². The molecule has 2 fully saturated rings. The maximum absolute atomic E-state index is 10.6. The van der Waals surface area contributed by atoms with Gasteiger partial charge in [0.1, 0.15) is 11.6 Å². The molecule has 2 bridgehead atoms. The van der Waals surface area contributed by atoms with Crippen LogP contribution in [0.1, 0.15) is 31.2 Å². The van der Waals surface area contributed by atoms with Crippen LogP contribution in [0.3, 0.4) is 0 Å². The second kappa shape index (κ2) is 7.14. The van der Waals surface area contributed by atoms with Crippen LogP contribution in [0.2, 0.25) is 0 Å². The van der Waals surface area contributed by atoms with Crippen LogP contribution in [0.5, 0.6) is 6.08 Å². The number of alkyl halides is 3. The van der Waals surface area contributed by atoms with Crippen LogP contribution in [0.15, 0.2) is 22.6 Å². The van der Waals surface area contributed by atoms with Gasteiger partial charge >= 0.3 is 18.2 Å². The van der Waals surface area contributed by atoms with Gasteiger partial charge in [0.2, 0.25) is 0 Å². The van der Waals surface area contributed by atoms with Gasteiger partial charge in [0.05, 0.1) is 0 Å². The minimum atomic E-state index is -5.08. The smallest absolute Gasteiger partial charge is 0.475 e. The number of halogens is 3. The first-order chi connectivity index (χ1) is 12.2. The molecule has 2 N–H and O–H groups in total. The standard InChI is InChI=1S/C15H18N2O2.C2HF3O2/c1-9-2-5-14-13(6-9)17-15(19-14)18-12-7-10-3-4-11(8-12)16-10;3-2(4,5)1(6)7/h2,5-6,10-12,16H,3-4,7-8H2,1H3;(H,6,7)/t10-,11+,12-;. The van der Waals surface area contributed by atoms with E-state index in [1.807, 2.05) is 18.2 Å². The van der Waals surface area contributed by atoms with Gasteiger partial charge in [0.25, 0.3) is 0 Å². The van der Waals surface area contributed by atoms with E-state index in [0.29, 0.717) is 18.2 Å². The molecule has 9 heteroatoms. The Bertz CT molecular complexity index is 778. The molecule has 1 aromatic carbocycles. The minimum Gasteiger partial charge on any atom is -0.475 e. The van der Waals surface area contributed by atoms with Gasteiger partial charge in [0.15, 0.2) is 5.58 Å². The number of hydrogen-bond donors (Lipinski definition) is 2. The van der Waals surface area contributed by atoms with Gasteiger partial charge in [-0.25, -0.2) is 4.79 Å². The maximum Gasteiger partial charge on any atom is 0.490 e. The van der Waals surface area contributed by atoms with Crippen LogP contribution in [0, 0.1) is 6.92 Å². The molecular formula is C17H19F3N2O4. The number of aliphatic carboxylic acids is 1. The van der Waals surface area contributed by atoms with Gasteiger partial charge in [-0.2, -0.15) is 18.2 Å². The molecule has 2 aromatic rings. The molecule has 3 heterocycles. The van der Waals surface area contributed by atoms with Crippen molar-refractivity contribution in [2.75, 3.05) is 0 Å². The molecule has 3 atom stereocenters. The number of piperidine rings is 1. The minimum absolute atomic E-state index is 0.243. The Balaban J connectivity index is 0.000000242. The summed E-state index contributed by atoms with van der Waals surface area (Å²) in [7, 11) is 0. The first-order valence-electron chi connectivity index (χ1n) is 8.30. The van der Waals surface area contributed by atoms with Gasteiger partial charge in [-0.1, -0.05) is 6.07 Å². The lowest BCUT2D eigenvalue weighted by atomic mass is 10.0. The average Bonchev–Trinajstić information content (AvgIpc) is 3.08. The van der Waals surface area contributed by atoms with E-state index in [1.54, 1.807) is 0 Å². The van der Waals surface area contributed by atoms with Crippen molar-refractivity contribution >= 4 is 17.1 Å². The van der Waals surface area contributed by atoms with E-state index in [-0.39, 0.29) is 6.10 Å². The summed E-state index contributed by atoms with van der Waals surface area (Å²) in [4.78, 5) is 13.3. The topological polar surface area (TPSA) is 84.6 Å². The average molecular weight is 372 g/mol. The maximum atomic E-state index is 10.6. The summed E-state index contributed by atoms with van der Waals surface area (Å²) in [6.45, 7) is 2.05. The highest BCUT2D eigenvalue weighted by Gasteiger charge is 2.38. The number of carboxylic acid groups (broad SMARTS) is 1. The van der Waals surface area contributed by atoms with Crippen molar-refractivity contribution in [3.63, 3.8) is 0 Å². The molecule has 0 amide bonds. The number of nitrogens with one attached hydrogen (secondary N) is 1. The Labute approximate surface area is 147 Å². The molecule has 0 aliphatic carbocycles. The van der Waals surface area contributed by atoms with Crippen LogP contribution < -0.4 is 10.1 Å². The summed E-state index contributed by atoms with van der Waals surface area (Å²) in [5.74, 6) is -2.76. The van der Waals surface area contributed by atoms with Crippen molar-refractivity contribution in [1.82, 2.24) is 10.3 Å². The fourth-order valence-electron chi connectivity index (χ4n) is 3.31. The highest BCUT2D eigenvalue weighted by molar-refractivity contribution is 5.74. The monoisotopic (exact) mass is 372 g/mol. The number of hydrogen-bond acceptors (Lipinski definition) is 5. The zero-order valence-electron chi connectivity index (χ0n) is 14.0.